The molecule has 2 rings (SSSR count). The molecule has 0 amide bonds. The highest BCUT2D eigenvalue weighted by Crippen LogP contribution is 2.39. The molecule has 1 atom stereocenters. The second-order valence-corrected chi connectivity index (χ2v) is 8.20. The number of aromatic nitrogens is 1. The van der Waals surface area contributed by atoms with Crippen molar-refractivity contribution in [2.45, 2.75) is 65.6 Å². The number of hydrogen-bond acceptors (Lipinski definition) is 3. The lowest BCUT2D eigenvalue weighted by Crippen LogP contribution is -2.30. The highest BCUT2D eigenvalue weighted by atomic mass is 16.5. The molecular formula is C20H27NO3. The van der Waals surface area contributed by atoms with Crippen molar-refractivity contribution >= 4 is 16.9 Å². The summed E-state index contributed by atoms with van der Waals surface area (Å²) < 4.78 is 5.91. The maximum Gasteiger partial charge on any atom is 0.337 e. The van der Waals surface area contributed by atoms with E-state index in [0.29, 0.717) is 11.3 Å². The Bertz CT molecular complexity index is 767. The van der Waals surface area contributed by atoms with Gasteiger partial charge in [0.25, 0.3) is 0 Å². The number of rotatable bonds is 3. The van der Waals surface area contributed by atoms with Gasteiger partial charge in [-0.05, 0) is 44.7 Å². The van der Waals surface area contributed by atoms with Gasteiger partial charge >= 0.3 is 5.97 Å². The fourth-order valence-electron chi connectivity index (χ4n) is 3.06. The Morgan fingerprint density at radius 3 is 2.21 bits per heavy atom. The monoisotopic (exact) mass is 329 g/mol. The first-order valence-corrected chi connectivity index (χ1v) is 8.22. The molecule has 2 aromatic rings. The van der Waals surface area contributed by atoms with Crippen molar-refractivity contribution in [2.75, 3.05) is 0 Å². The van der Waals surface area contributed by atoms with Gasteiger partial charge in [-0.1, -0.05) is 39.0 Å². The molecule has 24 heavy (non-hydrogen) atoms. The number of fused-ring (bicyclic) bond motifs is 1. The molecule has 1 aromatic carbocycles. The molecule has 130 valence electrons. The summed E-state index contributed by atoms with van der Waals surface area (Å²) in [6, 6.07) is 7.86. The highest BCUT2D eigenvalue weighted by Gasteiger charge is 2.34. The predicted molar refractivity (Wildman–Crippen MR) is 96.4 cm³/mol. The van der Waals surface area contributed by atoms with E-state index < -0.39 is 17.7 Å². The van der Waals surface area contributed by atoms with E-state index in [-0.39, 0.29) is 5.41 Å². The standard InChI is InChI=1S/C20H27NO3/c1-12-15(17(18(22)23)24-20(5,6)7)16(19(2,3)4)13-10-8-9-11-14(13)21-12/h8-11,17H,1-7H3,(H,22,23). The number of aliphatic carboxylic acids is 1. The van der Waals surface area contributed by atoms with Crippen molar-refractivity contribution in [1.82, 2.24) is 4.98 Å². The van der Waals surface area contributed by atoms with Crippen LogP contribution in [0.25, 0.3) is 10.9 Å². The molecule has 0 spiro atoms. The van der Waals surface area contributed by atoms with Crippen LogP contribution in [0.15, 0.2) is 24.3 Å². The molecule has 1 N–H and O–H groups in total. The van der Waals surface area contributed by atoms with E-state index in [2.05, 4.69) is 25.8 Å². The minimum Gasteiger partial charge on any atom is -0.479 e. The molecule has 0 aliphatic rings. The Morgan fingerprint density at radius 1 is 1.12 bits per heavy atom. The molecule has 0 fully saturated rings. The fraction of sp³-hybridized carbons (Fsp3) is 0.500. The molecule has 0 radical (unpaired) electrons. The second-order valence-electron chi connectivity index (χ2n) is 8.20. The van der Waals surface area contributed by atoms with Gasteiger partial charge in [0.05, 0.1) is 11.1 Å². The zero-order valence-corrected chi connectivity index (χ0v) is 15.6. The van der Waals surface area contributed by atoms with Crippen LogP contribution in [0.5, 0.6) is 0 Å². The minimum absolute atomic E-state index is 0.239. The zero-order chi connectivity index (χ0) is 18.3. The van der Waals surface area contributed by atoms with E-state index in [9.17, 15) is 9.90 Å². The number of carboxylic acids is 1. The summed E-state index contributed by atoms with van der Waals surface area (Å²) in [6.45, 7) is 13.7. The average molecular weight is 329 g/mol. The lowest BCUT2D eigenvalue weighted by atomic mass is 9.79. The van der Waals surface area contributed by atoms with Crippen LogP contribution in [0.2, 0.25) is 0 Å². The van der Waals surface area contributed by atoms with Gasteiger partial charge in [-0.3, -0.25) is 4.98 Å². The second kappa shape index (κ2) is 6.17. The molecule has 0 aliphatic heterocycles. The maximum absolute atomic E-state index is 12.0. The van der Waals surface area contributed by atoms with Gasteiger partial charge in [-0.25, -0.2) is 4.79 Å². The van der Waals surface area contributed by atoms with Crippen LogP contribution in [-0.4, -0.2) is 21.7 Å². The van der Waals surface area contributed by atoms with E-state index in [4.69, 9.17) is 4.74 Å². The van der Waals surface area contributed by atoms with Crippen molar-refractivity contribution < 1.29 is 14.6 Å². The lowest BCUT2D eigenvalue weighted by molar-refractivity contribution is -0.160. The van der Waals surface area contributed by atoms with Crippen LogP contribution < -0.4 is 0 Å². The number of para-hydroxylation sites is 1. The van der Waals surface area contributed by atoms with Crippen LogP contribution in [0, 0.1) is 6.92 Å². The Hall–Kier alpha value is -1.94. The average Bonchev–Trinajstić information content (AvgIpc) is 2.41. The smallest absolute Gasteiger partial charge is 0.337 e. The number of carboxylic acid groups (broad SMARTS) is 1. The third kappa shape index (κ3) is 3.75. The predicted octanol–water partition coefficient (Wildman–Crippen LogP) is 4.78. The summed E-state index contributed by atoms with van der Waals surface area (Å²) in [5, 5.41) is 10.8. The molecule has 0 saturated carbocycles. The number of hydrogen-bond donors (Lipinski definition) is 1. The van der Waals surface area contributed by atoms with Crippen molar-refractivity contribution in [3.63, 3.8) is 0 Å². The van der Waals surface area contributed by atoms with E-state index >= 15 is 0 Å². The van der Waals surface area contributed by atoms with Gasteiger partial charge in [-0.2, -0.15) is 0 Å². The molecule has 1 aromatic heterocycles. The summed E-state index contributed by atoms with van der Waals surface area (Å²) in [5.74, 6) is -0.990. The van der Waals surface area contributed by atoms with E-state index in [1.54, 1.807) is 0 Å². The van der Waals surface area contributed by atoms with Crippen molar-refractivity contribution in [1.29, 1.82) is 0 Å². The van der Waals surface area contributed by atoms with Crippen LogP contribution >= 0.6 is 0 Å². The van der Waals surface area contributed by atoms with Gasteiger partial charge in [0.15, 0.2) is 6.10 Å². The highest BCUT2D eigenvalue weighted by molar-refractivity contribution is 5.87. The van der Waals surface area contributed by atoms with Gasteiger partial charge in [0.1, 0.15) is 0 Å². The van der Waals surface area contributed by atoms with Crippen molar-refractivity contribution in [3.8, 4) is 0 Å². The maximum atomic E-state index is 12.0. The number of ether oxygens (including phenoxy) is 1. The molecule has 0 aliphatic carbocycles. The SMILES string of the molecule is Cc1nc2ccccc2c(C(C)(C)C)c1C(OC(C)(C)C)C(=O)O. The van der Waals surface area contributed by atoms with Crippen LogP contribution in [-0.2, 0) is 14.9 Å². The molecule has 4 heteroatoms. The number of benzene rings is 1. The summed E-state index contributed by atoms with van der Waals surface area (Å²) in [5.41, 5.74) is 2.43. The molecule has 1 unspecified atom stereocenters. The van der Waals surface area contributed by atoms with Crippen LogP contribution in [0.4, 0.5) is 0 Å². The Labute approximate surface area is 143 Å². The first-order chi connectivity index (χ1) is 10.9. The Kier molecular flexibility index (Phi) is 4.73. The van der Waals surface area contributed by atoms with Gasteiger partial charge < -0.3 is 9.84 Å². The van der Waals surface area contributed by atoms with Gasteiger partial charge in [0.2, 0.25) is 0 Å². The van der Waals surface area contributed by atoms with Crippen LogP contribution in [0.1, 0.15) is 64.5 Å². The first-order valence-electron chi connectivity index (χ1n) is 8.22. The Morgan fingerprint density at radius 2 is 1.71 bits per heavy atom. The summed E-state index contributed by atoms with van der Waals surface area (Å²) in [6.07, 6.45) is -1.05. The van der Waals surface area contributed by atoms with E-state index in [1.807, 2.05) is 52.0 Å². The normalized spacial score (nSPS) is 14.0. The summed E-state index contributed by atoms with van der Waals surface area (Å²) in [4.78, 5) is 16.6. The van der Waals surface area contributed by atoms with Crippen molar-refractivity contribution in [2.24, 2.45) is 0 Å². The lowest BCUT2D eigenvalue weighted by Gasteiger charge is -2.32. The first kappa shape index (κ1) is 18.4. The summed E-state index contributed by atoms with van der Waals surface area (Å²) >= 11 is 0. The number of aryl methyl sites for hydroxylation is 1. The molecule has 4 nitrogen and oxygen atoms in total. The minimum atomic E-state index is -1.05. The van der Waals surface area contributed by atoms with Crippen molar-refractivity contribution in [3.05, 3.63) is 41.1 Å². The molecular weight excluding hydrogens is 302 g/mol. The van der Waals surface area contributed by atoms with Crippen LogP contribution in [0.3, 0.4) is 0 Å². The third-order valence-corrected chi connectivity index (χ3v) is 3.83. The zero-order valence-electron chi connectivity index (χ0n) is 15.6. The van der Waals surface area contributed by atoms with Gasteiger partial charge in [0, 0.05) is 16.6 Å². The Balaban J connectivity index is 2.85. The molecule has 1 heterocycles. The van der Waals surface area contributed by atoms with Gasteiger partial charge in [-0.15, -0.1) is 0 Å². The van der Waals surface area contributed by atoms with E-state index in [1.165, 1.54) is 0 Å². The fourth-order valence-corrected chi connectivity index (χ4v) is 3.06. The number of carbonyl (C=O) groups is 1. The topological polar surface area (TPSA) is 59.4 Å². The quantitative estimate of drug-likeness (QED) is 0.880. The third-order valence-electron chi connectivity index (χ3n) is 3.83. The summed E-state index contributed by atoms with van der Waals surface area (Å²) in [7, 11) is 0. The van der Waals surface area contributed by atoms with E-state index in [0.717, 1.165) is 16.5 Å². The number of pyridine rings is 1. The largest absolute Gasteiger partial charge is 0.479 e. The molecule has 0 saturated heterocycles. The molecule has 0 bridgehead atoms. The number of nitrogens with zero attached hydrogens (tertiary/aromatic N) is 1.